The lowest BCUT2D eigenvalue weighted by Crippen LogP contribution is -2.26. The van der Waals surface area contributed by atoms with E-state index in [1.165, 1.54) is 12.1 Å². The van der Waals surface area contributed by atoms with Crippen LogP contribution in [0.15, 0.2) is 33.5 Å². The summed E-state index contributed by atoms with van der Waals surface area (Å²) in [6.07, 6.45) is -0.798. The molecule has 0 fully saturated rings. The Morgan fingerprint density at radius 1 is 1.12 bits per heavy atom. The summed E-state index contributed by atoms with van der Waals surface area (Å²) in [7, 11) is 0. The van der Waals surface area contributed by atoms with Crippen molar-refractivity contribution in [2.45, 2.75) is 26.9 Å². The second kappa shape index (κ2) is 7.63. The first-order chi connectivity index (χ1) is 11.5. The second-order valence-electron chi connectivity index (χ2n) is 4.88. The smallest absolute Gasteiger partial charge is 0.351 e. The van der Waals surface area contributed by atoms with Gasteiger partial charge in [-0.3, -0.25) is 0 Å². The molecule has 7 heteroatoms. The lowest BCUT2D eigenvalue weighted by Gasteiger charge is -2.13. The summed E-state index contributed by atoms with van der Waals surface area (Å²) in [5.74, 6) is -0.879. The van der Waals surface area contributed by atoms with Crippen LogP contribution in [0.25, 0.3) is 11.0 Å². The monoisotopic (exact) mass is 334 g/mol. The molecule has 0 aliphatic rings. The molecule has 0 saturated heterocycles. The van der Waals surface area contributed by atoms with Crippen molar-refractivity contribution >= 4 is 22.9 Å². The fraction of sp³-hybridized carbons (Fsp3) is 0.353. The summed E-state index contributed by atoms with van der Waals surface area (Å²) in [4.78, 5) is 35.2. The molecular weight excluding hydrogens is 316 g/mol. The van der Waals surface area contributed by atoms with Crippen LogP contribution in [0, 0.1) is 0 Å². The van der Waals surface area contributed by atoms with Crippen molar-refractivity contribution in [3.8, 4) is 5.75 Å². The molecule has 128 valence electrons. The molecule has 2 aromatic rings. The molecule has 1 atom stereocenters. The van der Waals surface area contributed by atoms with E-state index in [9.17, 15) is 14.4 Å². The summed E-state index contributed by atoms with van der Waals surface area (Å²) in [5.41, 5.74) is -0.726. The zero-order chi connectivity index (χ0) is 17.7. The summed E-state index contributed by atoms with van der Waals surface area (Å²) < 4.78 is 20.3. The van der Waals surface area contributed by atoms with Crippen LogP contribution >= 0.6 is 0 Å². The molecule has 1 aromatic heterocycles. The van der Waals surface area contributed by atoms with Gasteiger partial charge in [0.25, 0.3) is 0 Å². The van der Waals surface area contributed by atoms with Crippen molar-refractivity contribution in [3.05, 3.63) is 40.2 Å². The van der Waals surface area contributed by atoms with E-state index in [0.717, 1.165) is 0 Å². The van der Waals surface area contributed by atoms with Gasteiger partial charge in [-0.05, 0) is 39.0 Å². The van der Waals surface area contributed by atoms with Gasteiger partial charge in [-0.2, -0.15) is 0 Å². The number of rotatable bonds is 6. The van der Waals surface area contributed by atoms with Gasteiger partial charge >= 0.3 is 17.6 Å². The van der Waals surface area contributed by atoms with E-state index < -0.39 is 23.7 Å². The van der Waals surface area contributed by atoms with Crippen LogP contribution in [0.3, 0.4) is 0 Å². The summed E-state index contributed by atoms with van der Waals surface area (Å²) >= 11 is 0. The third-order valence-corrected chi connectivity index (χ3v) is 3.13. The molecular formula is C17H18O7. The third-order valence-electron chi connectivity index (χ3n) is 3.13. The molecule has 0 saturated carbocycles. The molecule has 1 unspecified atom stereocenters. The van der Waals surface area contributed by atoms with Gasteiger partial charge in [0.1, 0.15) is 16.9 Å². The van der Waals surface area contributed by atoms with Crippen LogP contribution in [0.1, 0.15) is 31.1 Å². The Bertz CT molecular complexity index is 806. The first-order valence-corrected chi connectivity index (χ1v) is 7.54. The zero-order valence-corrected chi connectivity index (χ0v) is 13.7. The Hall–Kier alpha value is -2.83. The van der Waals surface area contributed by atoms with E-state index in [2.05, 4.69) is 0 Å². The van der Waals surface area contributed by atoms with Crippen molar-refractivity contribution in [1.82, 2.24) is 0 Å². The molecule has 7 nitrogen and oxygen atoms in total. The topological polar surface area (TPSA) is 92.0 Å². The average Bonchev–Trinajstić information content (AvgIpc) is 2.54. The predicted molar refractivity (Wildman–Crippen MR) is 85.2 cm³/mol. The van der Waals surface area contributed by atoms with Gasteiger partial charge in [0.2, 0.25) is 0 Å². The van der Waals surface area contributed by atoms with Gasteiger partial charge in [-0.25, -0.2) is 14.4 Å². The number of fused-ring (bicyclic) bond motifs is 1. The fourth-order valence-corrected chi connectivity index (χ4v) is 2.03. The summed E-state index contributed by atoms with van der Waals surface area (Å²) in [5, 5.41) is 0.536. The molecule has 0 spiro atoms. The van der Waals surface area contributed by atoms with Crippen molar-refractivity contribution in [3.63, 3.8) is 0 Å². The van der Waals surface area contributed by atoms with Gasteiger partial charge in [0.05, 0.1) is 13.2 Å². The number of benzene rings is 1. The summed E-state index contributed by atoms with van der Waals surface area (Å²) in [6.45, 7) is 5.33. The van der Waals surface area contributed by atoms with Crippen molar-refractivity contribution in [2.24, 2.45) is 0 Å². The number of ether oxygens (including phenoxy) is 3. The largest absolute Gasteiger partial charge is 0.479 e. The van der Waals surface area contributed by atoms with Gasteiger partial charge < -0.3 is 18.6 Å². The molecule has 24 heavy (non-hydrogen) atoms. The minimum atomic E-state index is -0.798. The molecule has 2 rings (SSSR count). The molecule has 0 aliphatic heterocycles. The van der Waals surface area contributed by atoms with Crippen molar-refractivity contribution in [2.75, 3.05) is 13.2 Å². The minimum Gasteiger partial charge on any atom is -0.479 e. The van der Waals surface area contributed by atoms with Gasteiger partial charge in [0, 0.05) is 11.5 Å². The highest BCUT2D eigenvalue weighted by Crippen LogP contribution is 2.22. The van der Waals surface area contributed by atoms with Crippen LogP contribution in [-0.2, 0) is 14.3 Å². The number of esters is 2. The molecule has 1 aromatic carbocycles. The number of hydrogen-bond donors (Lipinski definition) is 0. The van der Waals surface area contributed by atoms with E-state index in [-0.39, 0.29) is 24.4 Å². The predicted octanol–water partition coefficient (Wildman–Crippen LogP) is 2.30. The van der Waals surface area contributed by atoms with Crippen LogP contribution in [0.5, 0.6) is 5.75 Å². The highest BCUT2D eigenvalue weighted by molar-refractivity contribution is 5.93. The number of carbonyl (C=O) groups is 2. The molecule has 0 N–H and O–H groups in total. The molecule has 0 bridgehead atoms. The van der Waals surface area contributed by atoms with Crippen molar-refractivity contribution in [1.29, 1.82) is 0 Å². The van der Waals surface area contributed by atoms with E-state index in [1.54, 1.807) is 32.9 Å². The first-order valence-electron chi connectivity index (χ1n) is 7.54. The fourth-order valence-electron chi connectivity index (χ4n) is 2.03. The number of carbonyl (C=O) groups excluding carboxylic acids is 2. The van der Waals surface area contributed by atoms with Crippen LogP contribution in [0.2, 0.25) is 0 Å². The zero-order valence-electron chi connectivity index (χ0n) is 13.7. The normalized spacial score (nSPS) is 11.8. The maximum Gasteiger partial charge on any atom is 0.351 e. The number of hydrogen-bond acceptors (Lipinski definition) is 7. The quantitative estimate of drug-likeness (QED) is 0.591. The van der Waals surface area contributed by atoms with Crippen LogP contribution < -0.4 is 10.4 Å². The standard InChI is InChI=1S/C17H18O7/c1-4-21-15(18)10(3)23-12-7-6-11-8-13(16(19)22-5-2)17(20)24-14(11)9-12/h6-10H,4-5H2,1-3H3. The Morgan fingerprint density at radius 2 is 1.83 bits per heavy atom. The van der Waals surface area contributed by atoms with Crippen LogP contribution in [0.4, 0.5) is 0 Å². The van der Waals surface area contributed by atoms with Crippen molar-refractivity contribution < 1.29 is 28.2 Å². The molecule has 1 heterocycles. The maximum absolute atomic E-state index is 11.9. The lowest BCUT2D eigenvalue weighted by atomic mass is 10.2. The Kier molecular flexibility index (Phi) is 5.57. The highest BCUT2D eigenvalue weighted by Gasteiger charge is 2.18. The first kappa shape index (κ1) is 17.5. The van der Waals surface area contributed by atoms with Crippen LogP contribution in [-0.4, -0.2) is 31.3 Å². The van der Waals surface area contributed by atoms with E-state index in [4.69, 9.17) is 18.6 Å². The Morgan fingerprint density at radius 3 is 2.50 bits per heavy atom. The average molecular weight is 334 g/mol. The Balaban J connectivity index is 2.29. The Labute approximate surface area is 138 Å². The second-order valence-corrected chi connectivity index (χ2v) is 4.88. The molecule has 0 amide bonds. The highest BCUT2D eigenvalue weighted by atomic mass is 16.6. The third kappa shape index (κ3) is 3.92. The summed E-state index contributed by atoms with van der Waals surface area (Å²) in [6, 6.07) is 6.10. The van der Waals surface area contributed by atoms with E-state index >= 15 is 0 Å². The van der Waals surface area contributed by atoms with Gasteiger partial charge in [-0.15, -0.1) is 0 Å². The SMILES string of the molecule is CCOC(=O)c1cc2ccc(OC(C)C(=O)OCC)cc2oc1=O. The molecule has 0 aliphatic carbocycles. The van der Waals surface area contributed by atoms with Gasteiger partial charge in [0.15, 0.2) is 6.10 Å². The maximum atomic E-state index is 11.9. The minimum absolute atomic E-state index is 0.162. The molecule has 0 radical (unpaired) electrons. The van der Waals surface area contributed by atoms with Gasteiger partial charge in [-0.1, -0.05) is 0 Å². The van der Waals surface area contributed by atoms with E-state index in [1.807, 2.05) is 0 Å². The lowest BCUT2D eigenvalue weighted by molar-refractivity contribution is -0.150. The van der Waals surface area contributed by atoms with E-state index in [0.29, 0.717) is 11.1 Å².